The molecule has 0 unspecified atom stereocenters. The Kier molecular flexibility index (Phi) is 6.72. The third-order valence-electron chi connectivity index (χ3n) is 3.37. The number of aromatic amines is 1. The number of carbonyl (C=O) groups is 1. The summed E-state index contributed by atoms with van der Waals surface area (Å²) in [5.74, 6) is 4.87. The minimum Gasteiger partial charge on any atom is -0.493 e. The van der Waals surface area contributed by atoms with Crippen LogP contribution in [0.3, 0.4) is 0 Å². The summed E-state index contributed by atoms with van der Waals surface area (Å²) in [4.78, 5) is 30.9. The fraction of sp³-hybridized carbons (Fsp3) is 0.235. The van der Waals surface area contributed by atoms with Crippen molar-refractivity contribution in [3.63, 3.8) is 0 Å². The van der Waals surface area contributed by atoms with E-state index in [2.05, 4.69) is 20.4 Å². The molecule has 0 aliphatic heterocycles. The molecule has 10 heteroatoms. The molecule has 0 bridgehead atoms. The first-order chi connectivity index (χ1) is 12.8. The summed E-state index contributed by atoms with van der Waals surface area (Å²) in [6, 6.07) is 6.35. The minimum absolute atomic E-state index is 0.257. The number of carbonyl (C=O) groups excluding carboxylic acids is 1. The van der Waals surface area contributed by atoms with Gasteiger partial charge in [-0.05, 0) is 18.1 Å². The lowest BCUT2D eigenvalue weighted by Crippen LogP contribution is -2.24. The van der Waals surface area contributed by atoms with Gasteiger partial charge in [-0.1, -0.05) is 37.7 Å². The van der Waals surface area contributed by atoms with E-state index >= 15 is 0 Å². The number of benzene rings is 1. The summed E-state index contributed by atoms with van der Waals surface area (Å²) >= 11 is 1.29. The van der Waals surface area contributed by atoms with Crippen LogP contribution in [0, 0.1) is 11.3 Å². The zero-order valence-electron chi connectivity index (χ0n) is 14.8. The number of thioether (sulfide) groups is 1. The lowest BCUT2D eigenvalue weighted by atomic mass is 10.1. The van der Waals surface area contributed by atoms with E-state index < -0.39 is 22.9 Å². The lowest BCUT2D eigenvalue weighted by molar-refractivity contribution is 0.102. The van der Waals surface area contributed by atoms with Gasteiger partial charge in [-0.2, -0.15) is 10.1 Å². The molecule has 142 valence electrons. The SMILES string of the molecule is CC(C)CSc1nc(O)c(C(=O)Nc2ccc(C(C=N)=NN)cc2)c(=O)[nH]1. The van der Waals surface area contributed by atoms with Crippen LogP contribution in [-0.2, 0) is 0 Å². The number of aromatic nitrogens is 2. The molecule has 0 fully saturated rings. The Morgan fingerprint density at radius 2 is 2.11 bits per heavy atom. The van der Waals surface area contributed by atoms with Gasteiger partial charge in [-0.3, -0.25) is 9.59 Å². The molecule has 1 heterocycles. The number of hydrazone groups is 1. The molecule has 0 spiro atoms. The zero-order chi connectivity index (χ0) is 20.0. The standard InChI is InChI=1S/C17H20N6O3S/c1-9(2)8-27-17-21-15(25)13(16(26)22-17)14(24)20-11-5-3-10(4-6-11)12(7-18)23-19/h3-7,9,18H,8,19H2,1-2H3,(H,20,24)(H2,21,22,25,26). The zero-order valence-corrected chi connectivity index (χ0v) is 15.6. The van der Waals surface area contributed by atoms with Gasteiger partial charge in [0.05, 0.1) is 0 Å². The highest BCUT2D eigenvalue weighted by molar-refractivity contribution is 7.99. The number of nitrogens with zero attached hydrogens (tertiary/aromatic N) is 2. The second-order valence-corrected chi connectivity index (χ2v) is 6.97. The molecule has 27 heavy (non-hydrogen) atoms. The number of hydrogen-bond acceptors (Lipinski definition) is 8. The maximum Gasteiger partial charge on any atom is 0.268 e. The maximum atomic E-state index is 12.3. The van der Waals surface area contributed by atoms with E-state index in [-0.39, 0.29) is 10.9 Å². The van der Waals surface area contributed by atoms with Gasteiger partial charge < -0.3 is 26.7 Å². The summed E-state index contributed by atoms with van der Waals surface area (Å²) in [5, 5.41) is 23.5. The maximum absolute atomic E-state index is 12.3. The molecule has 1 amide bonds. The minimum atomic E-state index is -0.783. The molecule has 0 saturated heterocycles. The van der Waals surface area contributed by atoms with Gasteiger partial charge in [0, 0.05) is 23.2 Å². The normalized spacial score (nSPS) is 11.4. The number of amides is 1. The quantitative estimate of drug-likeness (QED) is 0.160. The van der Waals surface area contributed by atoms with Crippen molar-refractivity contribution in [3.05, 3.63) is 45.7 Å². The average molecular weight is 388 g/mol. The second-order valence-electron chi connectivity index (χ2n) is 5.96. The first-order valence-electron chi connectivity index (χ1n) is 8.02. The Bertz CT molecular complexity index is 921. The van der Waals surface area contributed by atoms with Crippen LogP contribution < -0.4 is 16.7 Å². The van der Waals surface area contributed by atoms with E-state index in [1.165, 1.54) is 11.8 Å². The van der Waals surface area contributed by atoms with Gasteiger partial charge in [0.25, 0.3) is 11.5 Å². The molecule has 9 nitrogen and oxygen atoms in total. The number of H-pyrrole nitrogens is 1. The summed E-state index contributed by atoms with van der Waals surface area (Å²) in [7, 11) is 0. The van der Waals surface area contributed by atoms with E-state index in [1.807, 2.05) is 13.8 Å². The Hall–Kier alpha value is -3.14. The van der Waals surface area contributed by atoms with Crippen LogP contribution in [-0.4, -0.2) is 38.7 Å². The molecule has 0 saturated carbocycles. The molecule has 0 aliphatic carbocycles. The molecule has 2 aromatic rings. The molecule has 6 N–H and O–H groups in total. The Morgan fingerprint density at radius 3 is 2.63 bits per heavy atom. The van der Waals surface area contributed by atoms with Crippen molar-refractivity contribution in [3.8, 4) is 5.88 Å². The van der Waals surface area contributed by atoms with Crippen LogP contribution in [0.2, 0.25) is 0 Å². The Morgan fingerprint density at radius 1 is 1.44 bits per heavy atom. The van der Waals surface area contributed by atoms with Crippen LogP contribution in [0.5, 0.6) is 5.88 Å². The summed E-state index contributed by atoms with van der Waals surface area (Å²) in [5.41, 5.74) is 0.0862. The molecule has 0 atom stereocenters. The average Bonchev–Trinajstić information content (AvgIpc) is 2.62. The van der Waals surface area contributed by atoms with Crippen LogP contribution in [0.4, 0.5) is 5.69 Å². The summed E-state index contributed by atoms with van der Waals surface area (Å²) in [6.07, 6.45) is 1.01. The van der Waals surface area contributed by atoms with Crippen molar-refractivity contribution in [2.75, 3.05) is 11.1 Å². The number of nitrogens with one attached hydrogen (secondary N) is 3. The number of anilines is 1. The van der Waals surface area contributed by atoms with Crippen LogP contribution in [0.15, 0.2) is 39.3 Å². The van der Waals surface area contributed by atoms with E-state index in [1.54, 1.807) is 24.3 Å². The van der Waals surface area contributed by atoms with Crippen molar-refractivity contribution >= 4 is 35.3 Å². The molecule has 0 radical (unpaired) electrons. The number of rotatable bonds is 7. The third kappa shape index (κ3) is 5.17. The molecular weight excluding hydrogens is 368 g/mol. The van der Waals surface area contributed by atoms with Crippen LogP contribution in [0.1, 0.15) is 29.8 Å². The largest absolute Gasteiger partial charge is 0.493 e. The smallest absolute Gasteiger partial charge is 0.268 e. The first-order valence-corrected chi connectivity index (χ1v) is 9.00. The predicted octanol–water partition coefficient (Wildman–Crippen LogP) is 1.79. The number of nitrogens with two attached hydrogens (primary N) is 1. The number of hydrogen-bond donors (Lipinski definition) is 5. The van der Waals surface area contributed by atoms with E-state index in [0.717, 1.165) is 6.21 Å². The van der Waals surface area contributed by atoms with Gasteiger partial charge in [-0.25, -0.2) is 0 Å². The fourth-order valence-corrected chi connectivity index (χ4v) is 2.88. The van der Waals surface area contributed by atoms with Gasteiger partial charge in [0.1, 0.15) is 5.71 Å². The van der Waals surface area contributed by atoms with Gasteiger partial charge >= 0.3 is 0 Å². The highest BCUT2D eigenvalue weighted by Crippen LogP contribution is 2.19. The van der Waals surface area contributed by atoms with Gasteiger partial charge in [-0.15, -0.1) is 0 Å². The van der Waals surface area contributed by atoms with Crippen LogP contribution in [0.25, 0.3) is 0 Å². The Balaban J connectivity index is 2.18. The van der Waals surface area contributed by atoms with Crippen molar-refractivity contribution in [1.29, 1.82) is 5.41 Å². The summed E-state index contributed by atoms with van der Waals surface area (Å²) < 4.78 is 0. The summed E-state index contributed by atoms with van der Waals surface area (Å²) in [6.45, 7) is 4.03. The van der Waals surface area contributed by atoms with E-state index in [4.69, 9.17) is 11.3 Å². The second kappa shape index (κ2) is 8.99. The van der Waals surface area contributed by atoms with E-state index in [0.29, 0.717) is 22.9 Å². The molecular formula is C17H20N6O3S. The highest BCUT2D eigenvalue weighted by atomic mass is 32.2. The molecule has 1 aromatic carbocycles. The van der Waals surface area contributed by atoms with Gasteiger partial charge in [0.15, 0.2) is 10.7 Å². The third-order valence-corrected chi connectivity index (χ3v) is 4.67. The molecule has 0 aliphatic rings. The highest BCUT2D eigenvalue weighted by Gasteiger charge is 2.19. The molecule has 1 aromatic heterocycles. The van der Waals surface area contributed by atoms with Gasteiger partial charge in [0.2, 0.25) is 5.88 Å². The van der Waals surface area contributed by atoms with Crippen molar-refractivity contribution < 1.29 is 9.90 Å². The monoisotopic (exact) mass is 388 g/mol. The van der Waals surface area contributed by atoms with E-state index in [9.17, 15) is 14.7 Å². The van der Waals surface area contributed by atoms with Crippen molar-refractivity contribution in [2.24, 2.45) is 16.9 Å². The number of aromatic hydroxyl groups is 1. The van der Waals surface area contributed by atoms with Crippen molar-refractivity contribution in [1.82, 2.24) is 9.97 Å². The topological polar surface area (TPSA) is 157 Å². The molecule has 2 rings (SSSR count). The van der Waals surface area contributed by atoms with Crippen LogP contribution >= 0.6 is 11.8 Å². The Labute approximate surface area is 159 Å². The van der Waals surface area contributed by atoms with Crippen molar-refractivity contribution in [2.45, 2.75) is 19.0 Å². The fourth-order valence-electron chi connectivity index (χ4n) is 2.07. The first kappa shape index (κ1) is 20.2. The predicted molar refractivity (Wildman–Crippen MR) is 106 cm³/mol. The lowest BCUT2D eigenvalue weighted by Gasteiger charge is -2.08.